The van der Waals surface area contributed by atoms with Gasteiger partial charge in [0.25, 0.3) is 0 Å². The van der Waals surface area contributed by atoms with E-state index >= 15 is 0 Å². The highest BCUT2D eigenvalue weighted by Gasteiger charge is 2.64. The van der Waals surface area contributed by atoms with Crippen LogP contribution in [0.5, 0.6) is 0 Å². The van der Waals surface area contributed by atoms with E-state index in [9.17, 15) is 24.9 Å². The number of ether oxygens (including phenoxy) is 5. The number of esters is 1. The van der Waals surface area contributed by atoms with Crippen LogP contribution in [0.2, 0.25) is 0 Å². The molecule has 2 saturated heterocycles. The quantitative estimate of drug-likeness (QED) is 0.369. The zero-order valence-electron chi connectivity index (χ0n) is 29.1. The Balaban J connectivity index is 2.14. The number of methoxy groups -OCH3 is 2. The maximum absolute atomic E-state index is 13.9. The Morgan fingerprint density at radius 2 is 1.52 bits per heavy atom. The predicted octanol–water partition coefficient (Wildman–Crippen LogP) is 4.04. The molecule has 0 radical (unpaired) electrons. The lowest BCUT2D eigenvalue weighted by Gasteiger charge is -2.65. The lowest BCUT2D eigenvalue weighted by molar-refractivity contribution is -0.308. The molecule has 3 aliphatic rings. The molecule has 0 bridgehead atoms. The highest BCUT2D eigenvalue weighted by molar-refractivity contribution is 5.83. The van der Waals surface area contributed by atoms with Crippen molar-refractivity contribution in [1.29, 1.82) is 0 Å². The standard InChI is InChI=1S/C34H60O10/c1-13-23-33(10,39)28(36)19(4)25(35)18(3)15-34(41-12)17-31(8,14-2)27(34)20(5)26(21(6)30(38)43-23)44-24-16-32(9,40-11)29(37)22(7)42-24/h18-24,26-29,36-37,39H,13-17H2,1-12H3/t18-,19+,20+,21-,22+,23-,24+,26+,27+,28-,29+,31-,32-,33-,34+/m1/s1. The third-order valence-electron chi connectivity index (χ3n) is 11.9. The minimum Gasteiger partial charge on any atom is -0.459 e. The highest BCUT2D eigenvalue weighted by Crippen LogP contribution is 2.63. The number of fused-ring (bicyclic) bond motifs is 1. The number of Topliss-reactive ketones (excluding diaryl/α,β-unsaturated/α-hetero) is 1. The largest absolute Gasteiger partial charge is 0.459 e. The average Bonchev–Trinajstić information content (AvgIpc) is 2.97. The Morgan fingerprint density at radius 1 is 0.909 bits per heavy atom. The summed E-state index contributed by atoms with van der Waals surface area (Å²) in [5.41, 5.74) is -3.62. The van der Waals surface area contributed by atoms with Crippen LogP contribution in [-0.2, 0) is 33.3 Å². The molecule has 1 aliphatic carbocycles. The molecule has 2 aliphatic heterocycles. The predicted molar refractivity (Wildman–Crippen MR) is 165 cm³/mol. The van der Waals surface area contributed by atoms with Crippen molar-refractivity contribution >= 4 is 11.8 Å². The zero-order valence-corrected chi connectivity index (χ0v) is 29.1. The van der Waals surface area contributed by atoms with Gasteiger partial charge in [0.2, 0.25) is 0 Å². The van der Waals surface area contributed by atoms with E-state index in [2.05, 4.69) is 20.8 Å². The third kappa shape index (κ3) is 6.51. The first-order chi connectivity index (χ1) is 20.3. The van der Waals surface area contributed by atoms with Gasteiger partial charge in [0.05, 0.1) is 35.4 Å². The van der Waals surface area contributed by atoms with E-state index in [1.165, 1.54) is 6.92 Å². The van der Waals surface area contributed by atoms with Crippen molar-refractivity contribution in [2.24, 2.45) is 35.0 Å². The second kappa shape index (κ2) is 13.5. The van der Waals surface area contributed by atoms with Crippen LogP contribution in [0.3, 0.4) is 0 Å². The smallest absolute Gasteiger partial charge is 0.311 e. The maximum atomic E-state index is 13.9. The van der Waals surface area contributed by atoms with Crippen molar-refractivity contribution in [1.82, 2.24) is 0 Å². The molecule has 3 rings (SSSR count). The van der Waals surface area contributed by atoms with E-state index in [1.807, 2.05) is 13.8 Å². The molecule has 44 heavy (non-hydrogen) atoms. The second-order valence-corrected chi connectivity index (χ2v) is 14.9. The fourth-order valence-corrected chi connectivity index (χ4v) is 8.92. The van der Waals surface area contributed by atoms with Crippen molar-refractivity contribution in [3.63, 3.8) is 0 Å². The van der Waals surface area contributed by atoms with Crippen LogP contribution in [-0.4, -0.2) is 94.9 Å². The molecule has 0 unspecified atom stereocenters. The van der Waals surface area contributed by atoms with Gasteiger partial charge in [-0.1, -0.05) is 48.0 Å². The minimum atomic E-state index is -1.87. The number of carbonyl (C=O) groups is 2. The van der Waals surface area contributed by atoms with Crippen molar-refractivity contribution in [3.8, 4) is 0 Å². The third-order valence-corrected chi connectivity index (χ3v) is 11.9. The van der Waals surface area contributed by atoms with Crippen LogP contribution in [0.25, 0.3) is 0 Å². The summed E-state index contributed by atoms with van der Waals surface area (Å²) in [5, 5.41) is 33.6. The first-order valence-corrected chi connectivity index (χ1v) is 16.5. The Labute approximate surface area is 264 Å². The van der Waals surface area contributed by atoms with Gasteiger partial charge in [-0.3, -0.25) is 9.59 Å². The van der Waals surface area contributed by atoms with Gasteiger partial charge >= 0.3 is 5.97 Å². The number of aliphatic hydroxyl groups is 3. The van der Waals surface area contributed by atoms with Crippen LogP contribution < -0.4 is 0 Å². The van der Waals surface area contributed by atoms with Gasteiger partial charge in [0, 0.05) is 32.5 Å². The molecule has 0 aromatic rings. The minimum absolute atomic E-state index is 0.0887. The molecule has 10 nitrogen and oxygen atoms in total. The number of aliphatic hydroxyl groups excluding tert-OH is 2. The number of cyclic esters (lactones) is 1. The van der Waals surface area contributed by atoms with Crippen LogP contribution >= 0.6 is 0 Å². The van der Waals surface area contributed by atoms with E-state index in [0.29, 0.717) is 6.42 Å². The van der Waals surface area contributed by atoms with Crippen molar-refractivity contribution < 1.29 is 48.6 Å². The number of hydrogen-bond acceptors (Lipinski definition) is 10. The van der Waals surface area contributed by atoms with E-state index in [4.69, 9.17) is 23.7 Å². The van der Waals surface area contributed by atoms with Crippen molar-refractivity contribution in [2.75, 3.05) is 14.2 Å². The number of rotatable bonds is 6. The molecule has 10 heteroatoms. The van der Waals surface area contributed by atoms with Crippen molar-refractivity contribution in [3.05, 3.63) is 0 Å². The molecule has 3 fully saturated rings. The number of ketones is 1. The summed E-state index contributed by atoms with van der Waals surface area (Å²) in [6, 6.07) is 0. The summed E-state index contributed by atoms with van der Waals surface area (Å²) >= 11 is 0. The SMILES string of the molecule is CC[C@H]1OC(=O)[C@H](C)[C@@H](O[C@H]2C[C@@](C)(OC)[C@@H](O)[C@H](C)O2)[C@H](C)[C@H]2[C@](C)(CC)C[C@@]2(OC)C[C@@H](C)C(=O)[C@H](C)[C@@H](O)[C@]1(C)O. The average molecular weight is 629 g/mol. The molecule has 1 saturated carbocycles. The fourth-order valence-electron chi connectivity index (χ4n) is 8.92. The summed E-state index contributed by atoms with van der Waals surface area (Å²) in [4.78, 5) is 27.7. The van der Waals surface area contributed by atoms with E-state index in [-0.39, 0.29) is 35.9 Å². The first-order valence-electron chi connectivity index (χ1n) is 16.5. The van der Waals surface area contributed by atoms with E-state index in [0.717, 1.165) is 12.8 Å². The van der Waals surface area contributed by atoms with Crippen LogP contribution in [0.15, 0.2) is 0 Å². The summed E-state index contributed by atoms with van der Waals surface area (Å²) < 4.78 is 30.9. The Morgan fingerprint density at radius 3 is 2.05 bits per heavy atom. The fraction of sp³-hybridized carbons (Fsp3) is 0.941. The molecule has 2 heterocycles. The molecular weight excluding hydrogens is 568 g/mol. The Kier molecular flexibility index (Phi) is 11.5. The maximum Gasteiger partial charge on any atom is 0.311 e. The van der Waals surface area contributed by atoms with Gasteiger partial charge in [-0.15, -0.1) is 0 Å². The second-order valence-electron chi connectivity index (χ2n) is 14.9. The first kappa shape index (κ1) is 37.3. The highest BCUT2D eigenvalue weighted by atomic mass is 16.7. The summed E-state index contributed by atoms with van der Waals surface area (Å²) in [5.74, 6) is -3.22. The summed E-state index contributed by atoms with van der Waals surface area (Å²) in [6.07, 6.45) is -2.95. The van der Waals surface area contributed by atoms with Gasteiger partial charge in [0.15, 0.2) is 6.29 Å². The van der Waals surface area contributed by atoms with Crippen LogP contribution in [0, 0.1) is 35.0 Å². The molecule has 0 spiro atoms. The topological polar surface area (TPSA) is 141 Å². The lowest BCUT2D eigenvalue weighted by Crippen LogP contribution is -2.66. The zero-order chi connectivity index (χ0) is 33.6. The van der Waals surface area contributed by atoms with Gasteiger partial charge in [0.1, 0.15) is 23.6 Å². The van der Waals surface area contributed by atoms with Crippen LogP contribution in [0.1, 0.15) is 101 Å². The molecule has 0 aromatic heterocycles. The molecule has 0 aromatic carbocycles. The lowest BCUT2D eigenvalue weighted by atomic mass is 9.45. The molecule has 0 amide bonds. The normalized spacial score (nSPS) is 51.1. The summed E-state index contributed by atoms with van der Waals surface area (Å²) in [6.45, 7) is 18.4. The van der Waals surface area contributed by atoms with Gasteiger partial charge < -0.3 is 39.0 Å². The molecule has 15 atom stereocenters. The van der Waals surface area contributed by atoms with E-state index in [1.54, 1.807) is 41.9 Å². The van der Waals surface area contributed by atoms with Gasteiger partial charge in [-0.25, -0.2) is 0 Å². The molecule has 3 N–H and O–H groups in total. The summed E-state index contributed by atoms with van der Waals surface area (Å²) in [7, 11) is 3.22. The van der Waals surface area contributed by atoms with Gasteiger partial charge in [-0.2, -0.15) is 0 Å². The molecular formula is C34H60O10. The van der Waals surface area contributed by atoms with Crippen LogP contribution in [0.4, 0.5) is 0 Å². The van der Waals surface area contributed by atoms with E-state index < -0.39 is 77.3 Å². The Hall–Kier alpha value is -1.14. The molecule has 256 valence electrons. The Bertz CT molecular complexity index is 1020. The van der Waals surface area contributed by atoms with Gasteiger partial charge in [-0.05, 0) is 64.2 Å². The number of hydrogen-bond donors (Lipinski definition) is 3. The monoisotopic (exact) mass is 628 g/mol. The number of carbonyl (C=O) groups excluding carboxylic acids is 2. The van der Waals surface area contributed by atoms with Crippen molar-refractivity contribution in [2.45, 2.75) is 155 Å².